The molecule has 2 aliphatic rings. The van der Waals surface area contributed by atoms with E-state index in [9.17, 15) is 17.6 Å². The monoisotopic (exact) mass is 570 g/mol. The van der Waals surface area contributed by atoms with E-state index < -0.39 is 39.1 Å². The van der Waals surface area contributed by atoms with Crippen LogP contribution in [0.2, 0.25) is 0 Å². The van der Waals surface area contributed by atoms with E-state index in [2.05, 4.69) is 25.6 Å². The molecule has 4 rings (SSSR count). The van der Waals surface area contributed by atoms with E-state index >= 15 is 0 Å². The Morgan fingerprint density at radius 1 is 1.41 bits per heavy atom. The molecule has 182 valence electrons. The number of aromatic nitrogens is 1. The summed E-state index contributed by atoms with van der Waals surface area (Å²) in [5.74, 6) is -0.435. The quantitative estimate of drug-likeness (QED) is 0.508. The fraction of sp³-hybridized carbons (Fsp3) is 0.409. The first-order valence-corrected chi connectivity index (χ1v) is 14.0. The van der Waals surface area contributed by atoms with Crippen molar-refractivity contribution in [2.24, 2.45) is 4.99 Å². The SMILES string of the molecule is CCOC(=O)C1=C2C[C@H](NS(=O)(=O)C(C)C)CN2C(c2nccs2)=N[C@H]1c1ccc(F)cc1Br. The molecule has 1 aromatic heterocycles. The molecule has 1 saturated heterocycles. The number of carbonyl (C=O) groups is 1. The summed E-state index contributed by atoms with van der Waals surface area (Å²) in [5.41, 5.74) is 1.52. The molecule has 0 spiro atoms. The van der Waals surface area contributed by atoms with E-state index in [1.165, 1.54) is 23.5 Å². The van der Waals surface area contributed by atoms with Gasteiger partial charge >= 0.3 is 5.97 Å². The van der Waals surface area contributed by atoms with Gasteiger partial charge in [-0.15, -0.1) is 11.3 Å². The summed E-state index contributed by atoms with van der Waals surface area (Å²) in [6.07, 6.45) is 1.93. The van der Waals surface area contributed by atoms with Gasteiger partial charge in [-0.05, 0) is 38.5 Å². The molecule has 0 saturated carbocycles. The number of amidine groups is 1. The van der Waals surface area contributed by atoms with Crippen LogP contribution in [-0.4, -0.2) is 54.6 Å². The minimum atomic E-state index is -3.54. The van der Waals surface area contributed by atoms with Crippen molar-refractivity contribution in [3.05, 3.63) is 61.9 Å². The molecule has 34 heavy (non-hydrogen) atoms. The van der Waals surface area contributed by atoms with Crippen molar-refractivity contribution in [3.63, 3.8) is 0 Å². The van der Waals surface area contributed by atoms with Gasteiger partial charge in [0.05, 0.1) is 17.4 Å². The number of fused-ring (bicyclic) bond motifs is 1. The van der Waals surface area contributed by atoms with Crippen LogP contribution in [0.5, 0.6) is 0 Å². The third-order valence-corrected chi connectivity index (χ3v) is 8.95. The third-order valence-electron chi connectivity index (χ3n) is 5.59. The predicted octanol–water partition coefficient (Wildman–Crippen LogP) is 3.77. The maximum atomic E-state index is 13.8. The number of thiazole rings is 1. The molecule has 3 heterocycles. The van der Waals surface area contributed by atoms with Crippen LogP contribution in [0, 0.1) is 5.82 Å². The number of nitrogens with zero attached hydrogens (tertiary/aromatic N) is 3. The van der Waals surface area contributed by atoms with Crippen molar-refractivity contribution in [2.45, 2.75) is 44.5 Å². The predicted molar refractivity (Wildman–Crippen MR) is 131 cm³/mol. The van der Waals surface area contributed by atoms with E-state index in [1.54, 1.807) is 33.0 Å². The van der Waals surface area contributed by atoms with Crippen LogP contribution in [0.3, 0.4) is 0 Å². The normalized spacial score (nSPS) is 20.5. The summed E-state index contributed by atoms with van der Waals surface area (Å²) in [7, 11) is -3.54. The van der Waals surface area contributed by atoms with Crippen molar-refractivity contribution >= 4 is 49.1 Å². The van der Waals surface area contributed by atoms with Gasteiger partial charge in [0.15, 0.2) is 10.8 Å². The zero-order chi connectivity index (χ0) is 24.6. The van der Waals surface area contributed by atoms with E-state index in [4.69, 9.17) is 9.73 Å². The fourth-order valence-electron chi connectivity index (χ4n) is 3.96. The Kier molecular flexibility index (Phi) is 7.22. The lowest BCUT2D eigenvalue weighted by atomic mass is 9.94. The molecule has 2 atom stereocenters. The van der Waals surface area contributed by atoms with Crippen LogP contribution >= 0.6 is 27.3 Å². The van der Waals surface area contributed by atoms with Gasteiger partial charge in [-0.25, -0.2) is 27.3 Å². The number of esters is 1. The lowest BCUT2D eigenvalue weighted by Gasteiger charge is -2.31. The standard InChI is InChI=1S/C22H24BrFN4O4S2/c1-4-32-22(29)18-17-10-14(27-34(30,31)12(2)3)11-28(17)20(21-25-7-8-33-21)26-19(18)15-6-5-13(24)9-16(15)23/h5-9,12,14,19,27H,4,10-11H2,1-3H3/t14-,19-/m0/s1. The van der Waals surface area contributed by atoms with Gasteiger partial charge in [0.2, 0.25) is 10.0 Å². The second-order valence-electron chi connectivity index (χ2n) is 8.16. The Morgan fingerprint density at radius 2 is 2.18 bits per heavy atom. The van der Waals surface area contributed by atoms with Crippen LogP contribution in [0.15, 0.2) is 50.5 Å². The summed E-state index contributed by atoms with van der Waals surface area (Å²) in [6.45, 7) is 5.39. The fourth-order valence-corrected chi connectivity index (χ4v) is 6.06. The first-order valence-electron chi connectivity index (χ1n) is 10.7. The molecule has 0 bridgehead atoms. The molecule has 0 amide bonds. The number of nitrogens with one attached hydrogen (secondary N) is 1. The average Bonchev–Trinajstić information content (AvgIpc) is 3.42. The molecule has 8 nitrogen and oxygen atoms in total. The summed E-state index contributed by atoms with van der Waals surface area (Å²) in [5, 5.41) is 1.86. The molecule has 2 aliphatic heterocycles. The highest BCUT2D eigenvalue weighted by atomic mass is 79.9. The minimum Gasteiger partial charge on any atom is -0.463 e. The van der Waals surface area contributed by atoms with Gasteiger partial charge in [0.25, 0.3) is 0 Å². The zero-order valence-corrected chi connectivity index (χ0v) is 22.0. The first-order chi connectivity index (χ1) is 16.1. The number of hydrogen-bond acceptors (Lipinski definition) is 8. The summed E-state index contributed by atoms with van der Waals surface area (Å²) in [6, 6.07) is 2.97. The maximum absolute atomic E-state index is 13.8. The van der Waals surface area contributed by atoms with Gasteiger partial charge in [-0.2, -0.15) is 0 Å². The highest BCUT2D eigenvalue weighted by Gasteiger charge is 2.43. The molecule has 0 aliphatic carbocycles. The minimum absolute atomic E-state index is 0.166. The number of aliphatic imine (C=N–C) groups is 1. The highest BCUT2D eigenvalue weighted by Crippen LogP contribution is 2.42. The number of halogens is 2. The van der Waals surface area contributed by atoms with Crippen LogP contribution in [0.25, 0.3) is 0 Å². The molecule has 1 N–H and O–H groups in total. The van der Waals surface area contributed by atoms with E-state index in [1.807, 2.05) is 10.3 Å². The Hall–Kier alpha value is -2.15. The largest absolute Gasteiger partial charge is 0.463 e. The number of carbonyl (C=O) groups excluding carboxylic acids is 1. The van der Waals surface area contributed by atoms with E-state index in [0.29, 0.717) is 38.7 Å². The second-order valence-corrected chi connectivity index (χ2v) is 12.2. The Balaban J connectivity index is 1.87. The second kappa shape index (κ2) is 9.84. The smallest absolute Gasteiger partial charge is 0.338 e. The van der Waals surface area contributed by atoms with Gasteiger partial charge in [0.1, 0.15) is 11.9 Å². The van der Waals surface area contributed by atoms with Gasteiger partial charge in [-0.3, -0.25) is 4.99 Å². The van der Waals surface area contributed by atoms with Gasteiger partial charge in [-0.1, -0.05) is 22.0 Å². The van der Waals surface area contributed by atoms with Crippen molar-refractivity contribution in [3.8, 4) is 0 Å². The zero-order valence-electron chi connectivity index (χ0n) is 18.8. The Labute approximate surface area is 210 Å². The summed E-state index contributed by atoms with van der Waals surface area (Å²) >= 11 is 4.79. The molecular formula is C22H24BrFN4O4S2. The van der Waals surface area contributed by atoms with Gasteiger partial charge < -0.3 is 9.64 Å². The molecule has 12 heteroatoms. The summed E-state index contributed by atoms with van der Waals surface area (Å²) < 4.78 is 47.5. The maximum Gasteiger partial charge on any atom is 0.338 e. The van der Waals surface area contributed by atoms with Crippen LogP contribution in [-0.2, 0) is 19.6 Å². The van der Waals surface area contributed by atoms with Crippen molar-refractivity contribution in [1.29, 1.82) is 0 Å². The molecule has 1 aromatic carbocycles. The summed E-state index contributed by atoms with van der Waals surface area (Å²) in [4.78, 5) is 24.3. The number of rotatable bonds is 7. The first kappa shape index (κ1) is 25.0. The Bertz CT molecular complexity index is 1260. The van der Waals surface area contributed by atoms with E-state index in [-0.39, 0.29) is 13.0 Å². The number of ether oxygens (including phenoxy) is 1. The molecule has 1 fully saturated rings. The molecule has 0 radical (unpaired) electrons. The molecule has 0 unspecified atom stereocenters. The van der Waals surface area contributed by atoms with Crippen molar-refractivity contribution in [1.82, 2.24) is 14.6 Å². The average molecular weight is 571 g/mol. The van der Waals surface area contributed by atoms with Crippen molar-refractivity contribution in [2.75, 3.05) is 13.2 Å². The highest BCUT2D eigenvalue weighted by molar-refractivity contribution is 9.10. The molecule has 2 aromatic rings. The molecular weight excluding hydrogens is 547 g/mol. The van der Waals surface area contributed by atoms with Crippen LogP contribution in [0.4, 0.5) is 4.39 Å². The Morgan fingerprint density at radius 3 is 2.79 bits per heavy atom. The number of hydrogen-bond donors (Lipinski definition) is 1. The van der Waals surface area contributed by atoms with Crippen LogP contribution in [0.1, 0.15) is 43.8 Å². The number of sulfonamides is 1. The topological polar surface area (TPSA) is 101 Å². The van der Waals surface area contributed by atoms with Gasteiger partial charge in [0, 0.05) is 40.8 Å². The lowest BCUT2D eigenvalue weighted by molar-refractivity contribution is -0.139. The van der Waals surface area contributed by atoms with Crippen molar-refractivity contribution < 1.29 is 22.3 Å². The number of benzene rings is 1. The van der Waals surface area contributed by atoms with E-state index in [0.717, 1.165) is 0 Å². The van der Waals surface area contributed by atoms with Crippen LogP contribution < -0.4 is 4.72 Å². The third kappa shape index (κ3) is 4.81. The lowest BCUT2D eigenvalue weighted by Crippen LogP contribution is -2.42.